The van der Waals surface area contributed by atoms with Crippen molar-refractivity contribution < 1.29 is 13.8 Å². The first-order valence-electron chi connectivity index (χ1n) is 11.5. The molecule has 3 rings (SSSR count). The third-order valence-electron chi connectivity index (χ3n) is 5.61. The van der Waals surface area contributed by atoms with E-state index < -0.39 is 10.8 Å². The molecular weight excluding hydrogens is 422 g/mol. The van der Waals surface area contributed by atoms with E-state index in [0.717, 1.165) is 38.9 Å². The molecule has 1 N–H and O–H groups in total. The molecule has 32 heavy (non-hydrogen) atoms. The van der Waals surface area contributed by atoms with Crippen LogP contribution in [0.15, 0.2) is 52.3 Å². The summed E-state index contributed by atoms with van der Waals surface area (Å²) in [5.74, 6) is -0.374. The molecule has 172 valence electrons. The molecule has 7 heteroatoms. The highest BCUT2D eigenvalue weighted by molar-refractivity contribution is 7.85. The predicted octanol–water partition coefficient (Wildman–Crippen LogP) is 4.08. The molecule has 0 aromatic heterocycles. The van der Waals surface area contributed by atoms with Gasteiger partial charge in [-0.05, 0) is 76.2 Å². The molecule has 0 spiro atoms. The summed E-state index contributed by atoms with van der Waals surface area (Å²) in [5, 5.41) is 2.99. The van der Waals surface area contributed by atoms with Gasteiger partial charge in [0.1, 0.15) is 0 Å². The molecule has 0 bridgehead atoms. The topological polar surface area (TPSA) is 69.7 Å². The fourth-order valence-electron chi connectivity index (χ4n) is 4.09. The smallest absolute Gasteiger partial charge is 0.259 e. The lowest BCUT2D eigenvalue weighted by Crippen LogP contribution is -2.32. The van der Waals surface area contributed by atoms with E-state index in [2.05, 4.69) is 24.1 Å². The number of nitrogens with zero attached hydrogens (tertiary/aromatic N) is 2. The Hall–Kier alpha value is -2.51. The lowest BCUT2D eigenvalue weighted by Gasteiger charge is -2.22. The number of rotatable bonds is 10. The number of anilines is 1. The molecule has 2 amide bonds. The summed E-state index contributed by atoms with van der Waals surface area (Å²) < 4.78 is 13.2. The molecule has 2 aromatic rings. The van der Waals surface area contributed by atoms with Crippen LogP contribution >= 0.6 is 0 Å². The van der Waals surface area contributed by atoms with E-state index in [1.165, 1.54) is 0 Å². The Kier molecular flexibility index (Phi) is 8.59. The third-order valence-corrected chi connectivity index (χ3v) is 7.11. The van der Waals surface area contributed by atoms with Gasteiger partial charge < -0.3 is 15.1 Å². The van der Waals surface area contributed by atoms with Crippen LogP contribution in [-0.2, 0) is 10.8 Å². The van der Waals surface area contributed by atoms with E-state index in [0.29, 0.717) is 39.7 Å². The molecule has 1 aliphatic heterocycles. The van der Waals surface area contributed by atoms with Gasteiger partial charge in [0.05, 0.1) is 31.8 Å². The predicted molar refractivity (Wildman–Crippen MR) is 129 cm³/mol. The Morgan fingerprint density at radius 3 is 2.41 bits per heavy atom. The van der Waals surface area contributed by atoms with Crippen LogP contribution in [-0.4, -0.2) is 53.6 Å². The van der Waals surface area contributed by atoms with Crippen LogP contribution in [0.3, 0.4) is 0 Å². The summed E-state index contributed by atoms with van der Waals surface area (Å²) in [4.78, 5) is 31.0. The van der Waals surface area contributed by atoms with Gasteiger partial charge >= 0.3 is 0 Å². The van der Waals surface area contributed by atoms with Gasteiger partial charge in [0.15, 0.2) is 0 Å². The van der Waals surface area contributed by atoms with Gasteiger partial charge in [0.2, 0.25) is 0 Å². The van der Waals surface area contributed by atoms with Crippen molar-refractivity contribution in [3.8, 4) is 0 Å². The minimum absolute atomic E-state index is 0.179. The first-order valence-corrected chi connectivity index (χ1v) is 12.6. The Morgan fingerprint density at radius 1 is 1.00 bits per heavy atom. The molecule has 2 aromatic carbocycles. The Bertz CT molecular complexity index is 986. The molecule has 6 nitrogen and oxygen atoms in total. The summed E-state index contributed by atoms with van der Waals surface area (Å²) in [6, 6.07) is 12.1. The quantitative estimate of drug-likeness (QED) is 0.548. The standard InChI is InChI=1S/C25H33N3O3S/c1-4-15-27(16-5-2)17-9-14-26-24(29)19-12-13-23-21(18-19)28(6-3)25(30)20-10-7-8-11-22(20)32(23)31/h7-8,10-13,18H,4-6,9,14-17H2,1-3H3,(H,26,29)/t32-/m0/s1. The van der Waals surface area contributed by atoms with E-state index >= 15 is 0 Å². The molecule has 0 radical (unpaired) electrons. The highest BCUT2D eigenvalue weighted by Gasteiger charge is 2.30. The second-order valence-electron chi connectivity index (χ2n) is 7.95. The minimum Gasteiger partial charge on any atom is -0.352 e. The highest BCUT2D eigenvalue weighted by atomic mass is 32.2. The summed E-state index contributed by atoms with van der Waals surface area (Å²) in [7, 11) is -1.49. The van der Waals surface area contributed by atoms with E-state index in [1.807, 2.05) is 6.92 Å². The molecule has 1 atom stereocenters. The summed E-state index contributed by atoms with van der Waals surface area (Å²) in [6.45, 7) is 10.4. The van der Waals surface area contributed by atoms with Crippen LogP contribution in [0.1, 0.15) is 60.7 Å². The zero-order chi connectivity index (χ0) is 23.1. The van der Waals surface area contributed by atoms with E-state index in [-0.39, 0.29) is 11.8 Å². The van der Waals surface area contributed by atoms with Gasteiger partial charge in [-0.1, -0.05) is 26.0 Å². The van der Waals surface area contributed by atoms with Crippen molar-refractivity contribution in [2.24, 2.45) is 0 Å². The molecule has 1 heterocycles. The van der Waals surface area contributed by atoms with Crippen molar-refractivity contribution in [3.63, 3.8) is 0 Å². The van der Waals surface area contributed by atoms with Crippen molar-refractivity contribution in [2.75, 3.05) is 37.6 Å². The van der Waals surface area contributed by atoms with Crippen LogP contribution in [0.2, 0.25) is 0 Å². The number of hydrogen-bond donors (Lipinski definition) is 1. The van der Waals surface area contributed by atoms with Gasteiger partial charge in [-0.3, -0.25) is 9.59 Å². The fourth-order valence-corrected chi connectivity index (χ4v) is 5.44. The maximum absolute atomic E-state index is 13.2. The highest BCUT2D eigenvalue weighted by Crippen LogP contribution is 2.35. The summed E-state index contributed by atoms with van der Waals surface area (Å²) in [5.41, 5.74) is 1.45. The average Bonchev–Trinajstić information content (AvgIpc) is 2.89. The maximum Gasteiger partial charge on any atom is 0.259 e. The first kappa shape index (κ1) is 24.1. The van der Waals surface area contributed by atoms with Gasteiger partial charge in [-0.2, -0.15) is 0 Å². The number of carbonyl (C=O) groups excluding carboxylic acids is 2. The monoisotopic (exact) mass is 455 g/mol. The Balaban J connectivity index is 1.75. The molecule has 0 fully saturated rings. The second-order valence-corrected chi connectivity index (χ2v) is 9.37. The number of carbonyl (C=O) groups is 2. The van der Waals surface area contributed by atoms with Crippen LogP contribution in [0, 0.1) is 0 Å². The average molecular weight is 456 g/mol. The van der Waals surface area contributed by atoms with Crippen molar-refractivity contribution in [1.29, 1.82) is 0 Å². The SMILES string of the molecule is CCCN(CCC)CCCNC(=O)c1ccc2c(c1)N(CC)C(=O)c1ccccc1[S@@]2=O. The van der Waals surface area contributed by atoms with Crippen LogP contribution < -0.4 is 10.2 Å². The lowest BCUT2D eigenvalue weighted by atomic mass is 10.1. The Morgan fingerprint density at radius 2 is 1.72 bits per heavy atom. The fraction of sp³-hybridized carbons (Fsp3) is 0.440. The van der Waals surface area contributed by atoms with E-state index in [4.69, 9.17) is 0 Å². The maximum atomic E-state index is 13.2. The van der Waals surface area contributed by atoms with E-state index in [9.17, 15) is 13.8 Å². The van der Waals surface area contributed by atoms with Gasteiger partial charge in [-0.25, -0.2) is 4.21 Å². The number of nitrogens with one attached hydrogen (secondary N) is 1. The van der Waals surface area contributed by atoms with Crippen molar-refractivity contribution >= 4 is 28.3 Å². The lowest BCUT2D eigenvalue weighted by molar-refractivity contribution is 0.0948. The number of fused-ring (bicyclic) bond motifs is 2. The van der Waals surface area contributed by atoms with E-state index in [1.54, 1.807) is 47.4 Å². The molecule has 0 unspecified atom stereocenters. The number of benzene rings is 2. The second kappa shape index (κ2) is 11.4. The molecule has 1 aliphatic rings. The summed E-state index contributed by atoms with van der Waals surface area (Å²) in [6.07, 6.45) is 3.13. The van der Waals surface area contributed by atoms with Gasteiger partial charge in [0.25, 0.3) is 11.8 Å². The third kappa shape index (κ3) is 5.27. The molecule has 0 aliphatic carbocycles. The van der Waals surface area contributed by atoms with Crippen molar-refractivity contribution in [2.45, 2.75) is 49.8 Å². The van der Waals surface area contributed by atoms with Gasteiger partial charge in [-0.15, -0.1) is 0 Å². The van der Waals surface area contributed by atoms with Crippen LogP contribution in [0.25, 0.3) is 0 Å². The summed E-state index contributed by atoms with van der Waals surface area (Å²) >= 11 is 0. The van der Waals surface area contributed by atoms with Gasteiger partial charge in [0, 0.05) is 18.7 Å². The van der Waals surface area contributed by atoms with Crippen LogP contribution in [0.5, 0.6) is 0 Å². The van der Waals surface area contributed by atoms with Crippen LogP contribution in [0.4, 0.5) is 5.69 Å². The van der Waals surface area contributed by atoms with Crippen molar-refractivity contribution in [1.82, 2.24) is 10.2 Å². The number of amides is 2. The largest absolute Gasteiger partial charge is 0.352 e. The molecule has 0 saturated carbocycles. The zero-order valence-corrected chi connectivity index (χ0v) is 20.0. The minimum atomic E-state index is -1.49. The number of hydrogen-bond acceptors (Lipinski definition) is 4. The molecular formula is C25H33N3O3S. The Labute approximate surface area is 193 Å². The normalized spacial score (nSPS) is 15.3. The van der Waals surface area contributed by atoms with Crippen molar-refractivity contribution in [3.05, 3.63) is 53.6 Å². The zero-order valence-electron chi connectivity index (χ0n) is 19.2. The molecule has 0 saturated heterocycles. The first-order chi connectivity index (χ1) is 15.5.